The van der Waals surface area contributed by atoms with Gasteiger partial charge in [0.15, 0.2) is 0 Å². The Labute approximate surface area is 120 Å². The molecule has 0 spiro atoms. The number of amides is 1. The minimum atomic E-state index is -0.393. The first-order valence-electron chi connectivity index (χ1n) is 5.55. The second kappa shape index (κ2) is 6.04. The van der Waals surface area contributed by atoms with Gasteiger partial charge in [0.1, 0.15) is 5.82 Å². The molecule has 1 amide bonds. The largest absolute Gasteiger partial charge is 0.348 e. The lowest BCUT2D eigenvalue weighted by atomic mass is 10.2. The van der Waals surface area contributed by atoms with Crippen molar-refractivity contribution in [2.45, 2.75) is 6.54 Å². The van der Waals surface area contributed by atoms with Gasteiger partial charge >= 0.3 is 0 Å². The molecule has 0 aliphatic heterocycles. The summed E-state index contributed by atoms with van der Waals surface area (Å²) in [6, 6.07) is 11.0. The number of hydrogen-bond donors (Lipinski definition) is 1. The zero-order chi connectivity index (χ0) is 13.8. The van der Waals surface area contributed by atoms with Crippen LogP contribution in [0.4, 0.5) is 4.39 Å². The van der Waals surface area contributed by atoms with Gasteiger partial charge in [-0.3, -0.25) is 4.79 Å². The van der Waals surface area contributed by atoms with E-state index in [1.807, 2.05) is 0 Å². The molecule has 0 aliphatic rings. The van der Waals surface area contributed by atoms with Crippen LogP contribution in [0.5, 0.6) is 0 Å². The molecule has 0 fully saturated rings. The Hall–Kier alpha value is -1.58. The zero-order valence-corrected chi connectivity index (χ0v) is 11.3. The molecule has 0 aliphatic carbocycles. The summed E-state index contributed by atoms with van der Waals surface area (Å²) in [6.07, 6.45) is 0. The third kappa shape index (κ3) is 3.25. The molecular weight excluding hydrogens is 288 g/mol. The van der Waals surface area contributed by atoms with Gasteiger partial charge in [-0.15, -0.1) is 0 Å². The maximum Gasteiger partial charge on any atom is 0.253 e. The van der Waals surface area contributed by atoms with Gasteiger partial charge in [-0.2, -0.15) is 0 Å². The van der Waals surface area contributed by atoms with E-state index in [-0.39, 0.29) is 22.9 Å². The van der Waals surface area contributed by atoms with Crippen LogP contribution in [0.1, 0.15) is 15.9 Å². The van der Waals surface area contributed by atoms with Crippen molar-refractivity contribution in [3.05, 3.63) is 69.5 Å². The van der Waals surface area contributed by atoms with Crippen LogP contribution in [-0.4, -0.2) is 5.91 Å². The van der Waals surface area contributed by atoms with Crippen LogP contribution < -0.4 is 5.32 Å². The van der Waals surface area contributed by atoms with Crippen LogP contribution in [0.3, 0.4) is 0 Å². The van der Waals surface area contributed by atoms with Crippen molar-refractivity contribution in [2.75, 3.05) is 0 Å². The van der Waals surface area contributed by atoms with Gasteiger partial charge in [0, 0.05) is 12.1 Å². The number of nitrogens with one attached hydrogen (secondary N) is 1. The Bertz CT molecular complexity index is 616. The minimum Gasteiger partial charge on any atom is -0.348 e. The minimum absolute atomic E-state index is 0.0916. The van der Waals surface area contributed by atoms with E-state index in [2.05, 4.69) is 5.32 Å². The molecular formula is C14H10Cl2FNO. The summed E-state index contributed by atoms with van der Waals surface area (Å²) >= 11 is 11.8. The molecule has 0 unspecified atom stereocenters. The lowest BCUT2D eigenvalue weighted by molar-refractivity contribution is 0.0951. The predicted octanol–water partition coefficient (Wildman–Crippen LogP) is 4.06. The monoisotopic (exact) mass is 297 g/mol. The van der Waals surface area contributed by atoms with Gasteiger partial charge in [0.25, 0.3) is 5.91 Å². The quantitative estimate of drug-likeness (QED) is 0.909. The summed E-state index contributed by atoms with van der Waals surface area (Å²) in [5.41, 5.74) is 0.680. The highest BCUT2D eigenvalue weighted by atomic mass is 35.5. The summed E-state index contributed by atoms with van der Waals surface area (Å²) < 4.78 is 13.4. The fourth-order valence-corrected chi connectivity index (χ4v) is 1.98. The Morgan fingerprint density at radius 3 is 2.58 bits per heavy atom. The van der Waals surface area contributed by atoms with E-state index >= 15 is 0 Å². The fraction of sp³-hybridized carbons (Fsp3) is 0.0714. The average Bonchev–Trinajstić information content (AvgIpc) is 2.40. The highest BCUT2D eigenvalue weighted by Gasteiger charge is 2.12. The van der Waals surface area contributed by atoms with Gasteiger partial charge in [0.05, 0.1) is 15.6 Å². The average molecular weight is 298 g/mol. The summed E-state index contributed by atoms with van der Waals surface area (Å²) in [6.45, 7) is 0.0916. The second-order valence-corrected chi connectivity index (χ2v) is 4.66. The summed E-state index contributed by atoms with van der Waals surface area (Å²) in [5.74, 6) is -0.754. The Morgan fingerprint density at radius 1 is 1.11 bits per heavy atom. The highest BCUT2D eigenvalue weighted by molar-refractivity contribution is 6.43. The molecule has 0 heterocycles. The Morgan fingerprint density at radius 2 is 1.84 bits per heavy atom. The van der Waals surface area contributed by atoms with Gasteiger partial charge < -0.3 is 5.32 Å². The second-order valence-electron chi connectivity index (χ2n) is 3.88. The molecule has 98 valence electrons. The van der Waals surface area contributed by atoms with Crippen molar-refractivity contribution in [2.24, 2.45) is 0 Å². The predicted molar refractivity (Wildman–Crippen MR) is 74.0 cm³/mol. The van der Waals surface area contributed by atoms with E-state index in [1.54, 1.807) is 36.4 Å². The van der Waals surface area contributed by atoms with E-state index in [1.165, 1.54) is 6.07 Å². The van der Waals surface area contributed by atoms with Crippen molar-refractivity contribution in [3.8, 4) is 0 Å². The van der Waals surface area contributed by atoms with Crippen LogP contribution in [-0.2, 0) is 6.54 Å². The number of halogens is 3. The SMILES string of the molecule is O=C(NCc1ccccc1F)c1cccc(Cl)c1Cl. The number of carbonyl (C=O) groups excluding carboxylic acids is 1. The Kier molecular flexibility index (Phi) is 4.40. The lowest BCUT2D eigenvalue weighted by Crippen LogP contribution is -2.23. The first-order valence-corrected chi connectivity index (χ1v) is 6.31. The molecule has 0 saturated carbocycles. The molecule has 2 rings (SSSR count). The molecule has 0 aromatic heterocycles. The third-order valence-corrected chi connectivity index (χ3v) is 3.41. The van der Waals surface area contributed by atoms with Crippen LogP contribution >= 0.6 is 23.2 Å². The van der Waals surface area contributed by atoms with Gasteiger partial charge in [-0.25, -0.2) is 4.39 Å². The molecule has 5 heteroatoms. The zero-order valence-electron chi connectivity index (χ0n) is 9.79. The standard InChI is InChI=1S/C14H10Cl2FNO/c15-11-6-3-5-10(13(11)16)14(19)18-8-9-4-1-2-7-12(9)17/h1-7H,8H2,(H,18,19). The van der Waals surface area contributed by atoms with Gasteiger partial charge in [0.2, 0.25) is 0 Å². The number of benzene rings is 2. The lowest BCUT2D eigenvalue weighted by Gasteiger charge is -2.08. The first kappa shape index (κ1) is 13.8. The van der Waals surface area contributed by atoms with E-state index in [9.17, 15) is 9.18 Å². The van der Waals surface area contributed by atoms with E-state index < -0.39 is 5.91 Å². The molecule has 2 aromatic carbocycles. The van der Waals surface area contributed by atoms with Gasteiger partial charge in [-0.05, 0) is 18.2 Å². The molecule has 19 heavy (non-hydrogen) atoms. The number of carbonyl (C=O) groups is 1. The van der Waals surface area contributed by atoms with Crippen molar-refractivity contribution in [1.82, 2.24) is 5.32 Å². The van der Waals surface area contributed by atoms with E-state index in [0.717, 1.165) is 0 Å². The van der Waals surface area contributed by atoms with Crippen LogP contribution in [0.25, 0.3) is 0 Å². The van der Waals surface area contributed by atoms with E-state index in [4.69, 9.17) is 23.2 Å². The number of hydrogen-bond acceptors (Lipinski definition) is 1. The van der Waals surface area contributed by atoms with Crippen molar-refractivity contribution in [1.29, 1.82) is 0 Å². The maximum absolute atomic E-state index is 13.4. The summed E-state index contributed by atoms with van der Waals surface area (Å²) in [7, 11) is 0. The topological polar surface area (TPSA) is 29.1 Å². The molecule has 0 atom stereocenters. The summed E-state index contributed by atoms with van der Waals surface area (Å²) in [5, 5.41) is 3.10. The van der Waals surface area contributed by atoms with Crippen LogP contribution in [0, 0.1) is 5.82 Å². The van der Waals surface area contributed by atoms with Crippen molar-refractivity contribution >= 4 is 29.1 Å². The normalized spacial score (nSPS) is 10.3. The third-order valence-electron chi connectivity index (χ3n) is 2.59. The molecule has 0 saturated heterocycles. The van der Waals surface area contributed by atoms with Crippen LogP contribution in [0.2, 0.25) is 10.0 Å². The van der Waals surface area contributed by atoms with Crippen molar-refractivity contribution in [3.63, 3.8) is 0 Å². The molecule has 2 nitrogen and oxygen atoms in total. The molecule has 1 N–H and O–H groups in total. The molecule has 2 aromatic rings. The first-order chi connectivity index (χ1) is 9.09. The smallest absolute Gasteiger partial charge is 0.253 e. The van der Waals surface area contributed by atoms with E-state index in [0.29, 0.717) is 10.6 Å². The fourth-order valence-electron chi connectivity index (χ4n) is 1.59. The maximum atomic E-state index is 13.4. The molecule has 0 bridgehead atoms. The number of rotatable bonds is 3. The Balaban J connectivity index is 2.10. The molecule has 0 radical (unpaired) electrons. The van der Waals surface area contributed by atoms with Crippen LogP contribution in [0.15, 0.2) is 42.5 Å². The van der Waals surface area contributed by atoms with Crippen molar-refractivity contribution < 1.29 is 9.18 Å². The van der Waals surface area contributed by atoms with Gasteiger partial charge in [-0.1, -0.05) is 47.5 Å². The highest BCUT2D eigenvalue weighted by Crippen LogP contribution is 2.25. The summed E-state index contributed by atoms with van der Waals surface area (Å²) in [4.78, 5) is 11.9.